The number of nitrogens with zero attached hydrogens (tertiary/aromatic N) is 1. The van der Waals surface area contributed by atoms with Gasteiger partial charge in [0.2, 0.25) is 0 Å². The van der Waals surface area contributed by atoms with E-state index in [1.54, 1.807) is 0 Å². The number of fused-ring (bicyclic) bond motifs is 1. The number of nitrogen functional groups attached to an aromatic ring is 1. The highest BCUT2D eigenvalue weighted by molar-refractivity contribution is 5.71. The van der Waals surface area contributed by atoms with E-state index in [1.807, 2.05) is 12.3 Å². The summed E-state index contributed by atoms with van der Waals surface area (Å²) in [5, 5.41) is 0. The Bertz CT molecular complexity index is 427. The SMILES string of the molecule is Cc1cc(C)n2ccc(N)c2c1. The molecule has 0 radical (unpaired) electrons. The number of anilines is 1. The Morgan fingerprint density at radius 1 is 1.25 bits per heavy atom. The predicted molar refractivity (Wildman–Crippen MR) is 51.3 cm³/mol. The summed E-state index contributed by atoms with van der Waals surface area (Å²) in [5.74, 6) is 0. The number of pyridine rings is 1. The first-order chi connectivity index (χ1) is 5.68. The van der Waals surface area contributed by atoms with Gasteiger partial charge in [-0.05, 0) is 37.6 Å². The molecule has 12 heavy (non-hydrogen) atoms. The quantitative estimate of drug-likeness (QED) is 0.628. The lowest BCUT2D eigenvalue weighted by molar-refractivity contribution is 1.09. The fraction of sp³-hybridized carbons (Fsp3) is 0.200. The Morgan fingerprint density at radius 3 is 2.75 bits per heavy atom. The summed E-state index contributed by atoms with van der Waals surface area (Å²) >= 11 is 0. The van der Waals surface area contributed by atoms with E-state index < -0.39 is 0 Å². The average molecular weight is 160 g/mol. The second-order valence-corrected chi connectivity index (χ2v) is 3.20. The summed E-state index contributed by atoms with van der Waals surface area (Å²) in [6, 6.07) is 6.18. The molecule has 0 aliphatic rings. The van der Waals surface area contributed by atoms with Gasteiger partial charge in [-0.2, -0.15) is 0 Å². The molecule has 0 aliphatic heterocycles. The highest BCUT2D eigenvalue weighted by Crippen LogP contribution is 2.18. The standard InChI is InChI=1S/C10H12N2/c1-7-5-8(2)12-4-3-9(11)10(12)6-7/h3-6H,11H2,1-2H3. The molecule has 0 aliphatic carbocycles. The lowest BCUT2D eigenvalue weighted by Gasteiger charge is -2.02. The molecule has 0 fully saturated rings. The zero-order valence-corrected chi connectivity index (χ0v) is 7.33. The molecular weight excluding hydrogens is 148 g/mol. The van der Waals surface area contributed by atoms with E-state index in [-0.39, 0.29) is 0 Å². The number of hydrogen-bond acceptors (Lipinski definition) is 1. The predicted octanol–water partition coefficient (Wildman–Crippen LogP) is 2.14. The van der Waals surface area contributed by atoms with Crippen LogP contribution in [0.2, 0.25) is 0 Å². The zero-order chi connectivity index (χ0) is 8.72. The molecule has 2 nitrogen and oxygen atoms in total. The maximum absolute atomic E-state index is 5.79. The maximum Gasteiger partial charge on any atom is 0.0686 e. The normalized spacial score (nSPS) is 10.8. The van der Waals surface area contributed by atoms with Gasteiger partial charge in [0.1, 0.15) is 0 Å². The Labute approximate surface area is 71.6 Å². The third-order valence-electron chi connectivity index (χ3n) is 2.14. The highest BCUT2D eigenvalue weighted by atomic mass is 14.9. The Hall–Kier alpha value is -1.44. The smallest absolute Gasteiger partial charge is 0.0686 e. The number of rotatable bonds is 0. The van der Waals surface area contributed by atoms with Crippen LogP contribution < -0.4 is 5.73 Å². The van der Waals surface area contributed by atoms with Crippen LogP contribution in [-0.4, -0.2) is 4.40 Å². The molecule has 2 N–H and O–H groups in total. The molecule has 2 heteroatoms. The molecule has 0 bridgehead atoms. The first-order valence-electron chi connectivity index (χ1n) is 4.02. The fourth-order valence-electron chi connectivity index (χ4n) is 1.58. The molecule has 0 saturated carbocycles. The first kappa shape index (κ1) is 7.22. The van der Waals surface area contributed by atoms with E-state index in [4.69, 9.17) is 5.73 Å². The third-order valence-corrected chi connectivity index (χ3v) is 2.14. The summed E-state index contributed by atoms with van der Waals surface area (Å²) < 4.78 is 2.10. The van der Waals surface area contributed by atoms with E-state index >= 15 is 0 Å². The van der Waals surface area contributed by atoms with Crippen LogP contribution in [0.15, 0.2) is 24.4 Å². The van der Waals surface area contributed by atoms with Crippen molar-refractivity contribution in [3.63, 3.8) is 0 Å². The first-order valence-corrected chi connectivity index (χ1v) is 4.02. The molecule has 0 saturated heterocycles. The van der Waals surface area contributed by atoms with Gasteiger partial charge in [-0.25, -0.2) is 0 Å². The number of aromatic nitrogens is 1. The van der Waals surface area contributed by atoms with Crippen LogP contribution in [0.5, 0.6) is 0 Å². The third kappa shape index (κ3) is 0.881. The summed E-state index contributed by atoms with van der Waals surface area (Å²) in [6.07, 6.45) is 2.00. The van der Waals surface area contributed by atoms with E-state index in [2.05, 4.69) is 30.4 Å². The summed E-state index contributed by atoms with van der Waals surface area (Å²) in [7, 11) is 0. The number of nitrogens with two attached hydrogens (primary N) is 1. The van der Waals surface area contributed by atoms with Crippen LogP contribution in [-0.2, 0) is 0 Å². The van der Waals surface area contributed by atoms with Crippen molar-refractivity contribution < 1.29 is 0 Å². The van der Waals surface area contributed by atoms with Crippen LogP contribution in [0.4, 0.5) is 5.69 Å². The van der Waals surface area contributed by atoms with Crippen LogP contribution in [0.25, 0.3) is 5.52 Å². The second kappa shape index (κ2) is 2.27. The van der Waals surface area contributed by atoms with Crippen LogP contribution in [0.1, 0.15) is 11.3 Å². The molecule has 2 heterocycles. The Morgan fingerprint density at radius 2 is 2.00 bits per heavy atom. The topological polar surface area (TPSA) is 30.4 Å². The summed E-state index contributed by atoms with van der Waals surface area (Å²) in [6.45, 7) is 4.17. The van der Waals surface area contributed by atoms with Crippen LogP contribution >= 0.6 is 0 Å². The van der Waals surface area contributed by atoms with Crippen molar-refractivity contribution in [3.05, 3.63) is 35.7 Å². The highest BCUT2D eigenvalue weighted by Gasteiger charge is 2.00. The lowest BCUT2D eigenvalue weighted by atomic mass is 10.2. The Kier molecular flexibility index (Phi) is 1.37. The zero-order valence-electron chi connectivity index (χ0n) is 7.33. The van der Waals surface area contributed by atoms with E-state index in [0.29, 0.717) is 0 Å². The van der Waals surface area contributed by atoms with Gasteiger partial charge in [0.05, 0.1) is 11.2 Å². The monoisotopic (exact) mass is 160 g/mol. The fourth-order valence-corrected chi connectivity index (χ4v) is 1.58. The van der Waals surface area contributed by atoms with Crippen molar-refractivity contribution in [1.29, 1.82) is 0 Å². The van der Waals surface area contributed by atoms with Gasteiger partial charge in [-0.1, -0.05) is 0 Å². The minimum absolute atomic E-state index is 0.849. The Balaban J connectivity index is 2.92. The van der Waals surface area contributed by atoms with Crippen molar-refractivity contribution in [2.24, 2.45) is 0 Å². The van der Waals surface area contributed by atoms with Crippen molar-refractivity contribution in [2.75, 3.05) is 5.73 Å². The van der Waals surface area contributed by atoms with Crippen molar-refractivity contribution in [3.8, 4) is 0 Å². The number of aryl methyl sites for hydroxylation is 2. The largest absolute Gasteiger partial charge is 0.397 e. The second-order valence-electron chi connectivity index (χ2n) is 3.20. The van der Waals surface area contributed by atoms with E-state index in [1.165, 1.54) is 11.3 Å². The summed E-state index contributed by atoms with van der Waals surface area (Å²) in [5.41, 5.74) is 10.2. The van der Waals surface area contributed by atoms with Gasteiger partial charge in [0, 0.05) is 11.9 Å². The average Bonchev–Trinajstić information content (AvgIpc) is 2.33. The molecular formula is C10H12N2. The van der Waals surface area contributed by atoms with E-state index in [0.717, 1.165) is 11.2 Å². The van der Waals surface area contributed by atoms with Gasteiger partial charge >= 0.3 is 0 Å². The van der Waals surface area contributed by atoms with Gasteiger partial charge in [-0.3, -0.25) is 0 Å². The molecule has 62 valence electrons. The minimum atomic E-state index is 0.849. The molecule has 0 spiro atoms. The maximum atomic E-state index is 5.79. The lowest BCUT2D eigenvalue weighted by Crippen LogP contribution is -1.91. The molecule has 2 aromatic heterocycles. The molecule has 2 rings (SSSR count). The van der Waals surface area contributed by atoms with E-state index in [9.17, 15) is 0 Å². The van der Waals surface area contributed by atoms with Gasteiger partial charge in [0.15, 0.2) is 0 Å². The van der Waals surface area contributed by atoms with Crippen LogP contribution in [0, 0.1) is 13.8 Å². The molecule has 0 unspecified atom stereocenters. The van der Waals surface area contributed by atoms with Crippen LogP contribution in [0.3, 0.4) is 0 Å². The molecule has 0 aromatic carbocycles. The van der Waals surface area contributed by atoms with Crippen molar-refractivity contribution in [1.82, 2.24) is 4.40 Å². The van der Waals surface area contributed by atoms with Crippen molar-refractivity contribution in [2.45, 2.75) is 13.8 Å². The van der Waals surface area contributed by atoms with Gasteiger partial charge in [0.25, 0.3) is 0 Å². The minimum Gasteiger partial charge on any atom is -0.397 e. The van der Waals surface area contributed by atoms with Gasteiger partial charge in [-0.15, -0.1) is 0 Å². The number of hydrogen-bond donors (Lipinski definition) is 1. The van der Waals surface area contributed by atoms with Gasteiger partial charge < -0.3 is 10.1 Å². The molecule has 2 aromatic rings. The van der Waals surface area contributed by atoms with Crippen molar-refractivity contribution >= 4 is 11.2 Å². The molecule has 0 atom stereocenters. The molecule has 0 amide bonds. The summed E-state index contributed by atoms with van der Waals surface area (Å²) in [4.78, 5) is 0.